The van der Waals surface area contributed by atoms with Crippen molar-refractivity contribution in [2.75, 3.05) is 13.7 Å². The maximum atomic E-state index is 12.1. The molecule has 1 heterocycles. The zero-order chi connectivity index (χ0) is 14.4. The van der Waals surface area contributed by atoms with Gasteiger partial charge in [-0.15, -0.1) is 0 Å². The van der Waals surface area contributed by atoms with Gasteiger partial charge in [-0.2, -0.15) is 5.10 Å². The molecule has 1 aromatic heterocycles. The van der Waals surface area contributed by atoms with Crippen molar-refractivity contribution in [2.45, 2.75) is 13.0 Å². The van der Waals surface area contributed by atoms with Gasteiger partial charge >= 0.3 is 0 Å². The zero-order valence-electron chi connectivity index (χ0n) is 11.2. The number of halogens is 1. The summed E-state index contributed by atoms with van der Waals surface area (Å²) >= 11 is 3.37. The molecule has 5 nitrogen and oxygen atoms in total. The molecule has 0 bridgehead atoms. The SMILES string of the molecule is COc1ccc(Br)c(C(=O)NCCCn2cccn2)c1. The molecule has 0 radical (unpaired) electrons. The summed E-state index contributed by atoms with van der Waals surface area (Å²) in [6.45, 7) is 1.38. The topological polar surface area (TPSA) is 56.1 Å². The normalized spacial score (nSPS) is 10.3. The molecular formula is C14H16BrN3O2. The van der Waals surface area contributed by atoms with Crippen LogP contribution >= 0.6 is 15.9 Å². The molecule has 1 aromatic carbocycles. The third-order valence-corrected chi connectivity index (χ3v) is 3.52. The van der Waals surface area contributed by atoms with Crippen LogP contribution in [0.3, 0.4) is 0 Å². The molecule has 0 atom stereocenters. The number of nitrogens with one attached hydrogen (secondary N) is 1. The first-order valence-corrected chi connectivity index (χ1v) is 7.09. The van der Waals surface area contributed by atoms with Crippen molar-refractivity contribution in [3.63, 3.8) is 0 Å². The number of methoxy groups -OCH3 is 1. The van der Waals surface area contributed by atoms with Crippen LogP contribution in [0.4, 0.5) is 0 Å². The third kappa shape index (κ3) is 3.84. The highest BCUT2D eigenvalue weighted by atomic mass is 79.9. The van der Waals surface area contributed by atoms with Gasteiger partial charge < -0.3 is 10.1 Å². The Balaban J connectivity index is 1.85. The molecule has 0 saturated heterocycles. The second-order valence-electron chi connectivity index (χ2n) is 4.22. The molecule has 0 fully saturated rings. The predicted molar refractivity (Wildman–Crippen MR) is 79.9 cm³/mol. The average Bonchev–Trinajstić information content (AvgIpc) is 2.97. The van der Waals surface area contributed by atoms with Gasteiger partial charge in [0, 0.05) is 30.0 Å². The number of ether oxygens (including phenoxy) is 1. The van der Waals surface area contributed by atoms with E-state index in [-0.39, 0.29) is 5.91 Å². The number of aryl methyl sites for hydroxylation is 1. The monoisotopic (exact) mass is 337 g/mol. The fraction of sp³-hybridized carbons (Fsp3) is 0.286. The van der Waals surface area contributed by atoms with E-state index >= 15 is 0 Å². The van der Waals surface area contributed by atoms with Crippen LogP contribution in [-0.4, -0.2) is 29.3 Å². The van der Waals surface area contributed by atoms with E-state index in [9.17, 15) is 4.79 Å². The molecule has 106 valence electrons. The number of carbonyl (C=O) groups excluding carboxylic acids is 1. The Kier molecular flexibility index (Phi) is 5.17. The lowest BCUT2D eigenvalue weighted by atomic mass is 10.2. The van der Waals surface area contributed by atoms with Crippen LogP contribution in [0.1, 0.15) is 16.8 Å². The minimum Gasteiger partial charge on any atom is -0.497 e. The average molecular weight is 338 g/mol. The number of aromatic nitrogens is 2. The summed E-state index contributed by atoms with van der Waals surface area (Å²) in [5.41, 5.74) is 0.573. The highest BCUT2D eigenvalue weighted by Crippen LogP contribution is 2.22. The number of benzene rings is 1. The fourth-order valence-corrected chi connectivity index (χ4v) is 2.20. The summed E-state index contributed by atoms with van der Waals surface area (Å²) in [6.07, 6.45) is 4.47. The molecule has 0 spiro atoms. The number of hydrogen-bond donors (Lipinski definition) is 1. The quantitative estimate of drug-likeness (QED) is 0.824. The summed E-state index contributed by atoms with van der Waals surface area (Å²) < 4.78 is 7.72. The Bertz CT molecular complexity index is 570. The van der Waals surface area contributed by atoms with E-state index < -0.39 is 0 Å². The van der Waals surface area contributed by atoms with Crippen molar-refractivity contribution in [3.8, 4) is 5.75 Å². The van der Waals surface area contributed by atoms with Crippen LogP contribution < -0.4 is 10.1 Å². The van der Waals surface area contributed by atoms with Gasteiger partial charge in [0.25, 0.3) is 5.91 Å². The summed E-state index contributed by atoms with van der Waals surface area (Å²) in [5.74, 6) is 0.547. The van der Waals surface area contributed by atoms with Crippen LogP contribution in [0, 0.1) is 0 Å². The second-order valence-corrected chi connectivity index (χ2v) is 5.08. The second kappa shape index (κ2) is 7.09. The Labute approximate surface area is 126 Å². The molecule has 0 aliphatic carbocycles. The van der Waals surface area contributed by atoms with Crippen LogP contribution in [0.2, 0.25) is 0 Å². The van der Waals surface area contributed by atoms with Crippen molar-refractivity contribution in [3.05, 3.63) is 46.7 Å². The maximum Gasteiger partial charge on any atom is 0.252 e. The number of rotatable bonds is 6. The van der Waals surface area contributed by atoms with Crippen LogP contribution in [0.25, 0.3) is 0 Å². The predicted octanol–water partition coefficient (Wildman–Crippen LogP) is 2.47. The molecule has 2 rings (SSSR count). The van der Waals surface area contributed by atoms with Crippen molar-refractivity contribution in [1.29, 1.82) is 0 Å². The Hall–Kier alpha value is -1.82. The summed E-state index contributed by atoms with van der Waals surface area (Å²) in [4.78, 5) is 12.1. The third-order valence-electron chi connectivity index (χ3n) is 2.83. The lowest BCUT2D eigenvalue weighted by molar-refractivity contribution is 0.0951. The zero-order valence-corrected chi connectivity index (χ0v) is 12.8. The molecule has 1 amide bonds. The van der Waals surface area contributed by atoms with Crippen molar-refractivity contribution < 1.29 is 9.53 Å². The van der Waals surface area contributed by atoms with Gasteiger partial charge in [0.15, 0.2) is 0 Å². The van der Waals surface area contributed by atoms with Gasteiger partial charge in [0.2, 0.25) is 0 Å². The number of amides is 1. The standard InChI is InChI=1S/C14H16BrN3O2/c1-20-11-4-5-13(15)12(10-11)14(19)16-6-2-8-18-9-3-7-17-18/h3-5,7,9-10H,2,6,8H2,1H3,(H,16,19). The van der Waals surface area contributed by atoms with E-state index in [1.807, 2.05) is 16.9 Å². The van der Waals surface area contributed by atoms with E-state index in [4.69, 9.17) is 4.74 Å². The summed E-state index contributed by atoms with van der Waals surface area (Å²) in [7, 11) is 1.58. The molecule has 2 aromatic rings. The minimum absolute atomic E-state index is 0.115. The summed E-state index contributed by atoms with van der Waals surface area (Å²) in [5, 5.41) is 7.00. The first-order valence-electron chi connectivity index (χ1n) is 6.30. The smallest absolute Gasteiger partial charge is 0.252 e. The van der Waals surface area contributed by atoms with E-state index in [1.54, 1.807) is 31.5 Å². The van der Waals surface area contributed by atoms with Crippen molar-refractivity contribution >= 4 is 21.8 Å². The van der Waals surface area contributed by atoms with Crippen LogP contribution in [-0.2, 0) is 6.54 Å². The Morgan fingerprint density at radius 3 is 3.05 bits per heavy atom. The lowest BCUT2D eigenvalue weighted by Crippen LogP contribution is -2.25. The lowest BCUT2D eigenvalue weighted by Gasteiger charge is -2.08. The first kappa shape index (κ1) is 14.6. The van der Waals surface area contributed by atoms with Gasteiger partial charge in [-0.25, -0.2) is 0 Å². The first-order chi connectivity index (χ1) is 9.70. The van der Waals surface area contributed by atoms with E-state index in [2.05, 4.69) is 26.3 Å². The molecule has 0 aliphatic rings. The number of carbonyl (C=O) groups is 1. The van der Waals surface area contributed by atoms with Crippen molar-refractivity contribution in [2.24, 2.45) is 0 Å². The maximum absolute atomic E-state index is 12.1. The van der Waals surface area contributed by atoms with Gasteiger partial charge in [-0.3, -0.25) is 9.48 Å². The Morgan fingerprint density at radius 2 is 2.35 bits per heavy atom. The van der Waals surface area contributed by atoms with Gasteiger partial charge in [0.1, 0.15) is 5.75 Å². The molecule has 1 N–H and O–H groups in total. The molecule has 0 aliphatic heterocycles. The van der Waals surface area contributed by atoms with Gasteiger partial charge in [0.05, 0.1) is 12.7 Å². The Morgan fingerprint density at radius 1 is 1.50 bits per heavy atom. The van der Waals surface area contributed by atoms with Crippen LogP contribution in [0.15, 0.2) is 41.1 Å². The van der Waals surface area contributed by atoms with Crippen molar-refractivity contribution in [1.82, 2.24) is 15.1 Å². The van der Waals surface area contributed by atoms with Gasteiger partial charge in [-0.05, 0) is 46.6 Å². The number of hydrogen-bond acceptors (Lipinski definition) is 3. The number of nitrogens with zero attached hydrogens (tertiary/aromatic N) is 2. The van der Waals surface area contributed by atoms with Crippen LogP contribution in [0.5, 0.6) is 5.75 Å². The van der Waals surface area contributed by atoms with E-state index in [0.717, 1.165) is 17.4 Å². The van der Waals surface area contributed by atoms with Gasteiger partial charge in [-0.1, -0.05) is 0 Å². The fourth-order valence-electron chi connectivity index (χ4n) is 1.78. The highest BCUT2D eigenvalue weighted by molar-refractivity contribution is 9.10. The molecule has 0 unspecified atom stereocenters. The largest absolute Gasteiger partial charge is 0.497 e. The highest BCUT2D eigenvalue weighted by Gasteiger charge is 2.10. The summed E-state index contributed by atoms with van der Waals surface area (Å²) in [6, 6.07) is 7.20. The molecule has 0 saturated carbocycles. The molecular weight excluding hydrogens is 322 g/mol. The minimum atomic E-state index is -0.115. The molecule has 6 heteroatoms. The van der Waals surface area contributed by atoms with E-state index in [0.29, 0.717) is 17.9 Å². The van der Waals surface area contributed by atoms with E-state index in [1.165, 1.54) is 0 Å². The molecule has 20 heavy (non-hydrogen) atoms.